The number of aromatic amines is 1. The quantitative estimate of drug-likeness (QED) is 0.307. The average Bonchev–Trinajstić information content (AvgIpc) is 3.15. The molecule has 0 spiro atoms. The minimum absolute atomic E-state index is 0.172. The van der Waals surface area contributed by atoms with E-state index in [2.05, 4.69) is 34.2 Å². The van der Waals surface area contributed by atoms with Crippen LogP contribution in [-0.4, -0.2) is 42.5 Å². The molecule has 0 aliphatic heterocycles. The molecule has 1 saturated carbocycles. The number of nitrogens with one attached hydrogen (secondary N) is 1. The highest BCUT2D eigenvalue weighted by Crippen LogP contribution is 2.56. The molecule has 2 heterocycles. The smallest absolute Gasteiger partial charge is 0.296 e. The number of pyridine rings is 1. The zero-order chi connectivity index (χ0) is 25.0. The standard InChI is InChI=1S/C28H30ClN3O3/c1-26(2,33)28(27(3,4)34)15-20(16-28)35-25-30-22-14-21(29)23(31-24(22)32-25)19-12-10-18(11-13-19)17-8-6-5-7-9-17/h5-14,20,33-34H,15-16H2,1-4H3,(H,30,31,32). The van der Waals surface area contributed by atoms with Gasteiger partial charge in [0, 0.05) is 11.0 Å². The number of fused-ring (bicyclic) bond motifs is 1. The SMILES string of the molecule is CC(C)(O)C1(C(C)(C)O)CC(Oc2nc3nc(-c4ccc(-c5ccccc5)cc4)c(Cl)cc3[nH]2)C1. The van der Waals surface area contributed by atoms with Gasteiger partial charge in [0.1, 0.15) is 6.10 Å². The van der Waals surface area contributed by atoms with Gasteiger partial charge in [-0.2, -0.15) is 4.98 Å². The van der Waals surface area contributed by atoms with E-state index in [1.807, 2.05) is 36.4 Å². The van der Waals surface area contributed by atoms with E-state index in [1.54, 1.807) is 27.7 Å². The Hall–Kier alpha value is -2.93. The fourth-order valence-electron chi connectivity index (χ4n) is 5.31. The normalized spacial score (nSPS) is 16.3. The van der Waals surface area contributed by atoms with Crippen LogP contribution in [0, 0.1) is 5.41 Å². The lowest BCUT2D eigenvalue weighted by Crippen LogP contribution is -2.66. The van der Waals surface area contributed by atoms with E-state index in [4.69, 9.17) is 21.3 Å². The summed E-state index contributed by atoms with van der Waals surface area (Å²) in [6.45, 7) is 6.95. The molecule has 2 aromatic carbocycles. The van der Waals surface area contributed by atoms with Crippen LogP contribution in [-0.2, 0) is 0 Å². The van der Waals surface area contributed by atoms with Crippen LogP contribution in [0.5, 0.6) is 6.01 Å². The number of imidazole rings is 1. The molecule has 0 radical (unpaired) electrons. The van der Waals surface area contributed by atoms with Gasteiger partial charge in [0.25, 0.3) is 6.01 Å². The summed E-state index contributed by atoms with van der Waals surface area (Å²) in [6, 6.07) is 20.5. The summed E-state index contributed by atoms with van der Waals surface area (Å²) in [7, 11) is 0. The Balaban J connectivity index is 1.36. The first-order valence-corrected chi connectivity index (χ1v) is 12.2. The van der Waals surface area contributed by atoms with Crippen molar-refractivity contribution in [2.45, 2.75) is 57.8 Å². The fraction of sp³-hybridized carbons (Fsp3) is 0.357. The molecule has 3 N–H and O–H groups in total. The molecule has 0 unspecified atom stereocenters. The van der Waals surface area contributed by atoms with Gasteiger partial charge in [-0.3, -0.25) is 0 Å². The van der Waals surface area contributed by atoms with E-state index in [1.165, 1.54) is 0 Å². The van der Waals surface area contributed by atoms with Crippen molar-refractivity contribution in [3.05, 3.63) is 65.7 Å². The monoisotopic (exact) mass is 491 g/mol. The van der Waals surface area contributed by atoms with Gasteiger partial charge < -0.3 is 19.9 Å². The van der Waals surface area contributed by atoms with Gasteiger partial charge >= 0.3 is 0 Å². The van der Waals surface area contributed by atoms with E-state index >= 15 is 0 Å². The maximum Gasteiger partial charge on any atom is 0.296 e. The molecule has 2 aromatic heterocycles. The number of hydrogen-bond donors (Lipinski definition) is 3. The minimum atomic E-state index is -1.04. The van der Waals surface area contributed by atoms with Crippen LogP contribution in [0.2, 0.25) is 5.02 Å². The van der Waals surface area contributed by atoms with Gasteiger partial charge in [-0.25, -0.2) is 4.98 Å². The van der Waals surface area contributed by atoms with Gasteiger partial charge in [-0.1, -0.05) is 66.2 Å². The average molecular weight is 492 g/mol. The van der Waals surface area contributed by atoms with Crippen LogP contribution >= 0.6 is 11.6 Å². The second-order valence-corrected chi connectivity index (χ2v) is 10.9. The number of hydrogen-bond acceptors (Lipinski definition) is 5. The Morgan fingerprint density at radius 2 is 1.46 bits per heavy atom. The number of rotatable bonds is 6. The van der Waals surface area contributed by atoms with E-state index in [-0.39, 0.29) is 6.10 Å². The van der Waals surface area contributed by atoms with E-state index in [9.17, 15) is 10.2 Å². The first-order valence-electron chi connectivity index (χ1n) is 11.8. The molecule has 182 valence electrons. The molecule has 0 amide bonds. The van der Waals surface area contributed by atoms with Gasteiger partial charge in [-0.15, -0.1) is 0 Å². The second-order valence-electron chi connectivity index (χ2n) is 10.5. The summed E-state index contributed by atoms with van der Waals surface area (Å²) in [6.07, 6.45) is 0.864. The second kappa shape index (κ2) is 8.33. The highest BCUT2D eigenvalue weighted by Gasteiger charge is 2.62. The first-order chi connectivity index (χ1) is 16.5. The maximum atomic E-state index is 10.7. The Bertz CT molecular complexity index is 1330. The molecule has 0 bridgehead atoms. The van der Waals surface area contributed by atoms with Crippen LogP contribution in [0.15, 0.2) is 60.7 Å². The number of H-pyrrole nitrogens is 1. The summed E-state index contributed by atoms with van der Waals surface area (Å²) >= 11 is 6.58. The Kier molecular flexibility index (Phi) is 5.66. The molecular formula is C28H30ClN3O3. The minimum Gasteiger partial charge on any atom is -0.461 e. The molecule has 4 aromatic rings. The summed E-state index contributed by atoms with van der Waals surface area (Å²) < 4.78 is 6.06. The Labute approximate surface area is 210 Å². The molecule has 7 heteroatoms. The largest absolute Gasteiger partial charge is 0.461 e. The molecule has 1 aliphatic rings. The van der Waals surface area contributed by atoms with Gasteiger partial charge in [-0.05, 0) is 57.7 Å². The Morgan fingerprint density at radius 3 is 2.06 bits per heavy atom. The molecule has 1 fully saturated rings. The van der Waals surface area contributed by atoms with Gasteiger partial charge in [0.15, 0.2) is 5.65 Å². The third-order valence-electron chi connectivity index (χ3n) is 7.44. The number of benzene rings is 2. The molecule has 35 heavy (non-hydrogen) atoms. The molecule has 0 atom stereocenters. The first kappa shape index (κ1) is 23.8. The lowest BCUT2D eigenvalue weighted by atomic mass is 9.51. The van der Waals surface area contributed by atoms with E-state index in [0.29, 0.717) is 40.7 Å². The van der Waals surface area contributed by atoms with Gasteiger partial charge in [0.05, 0.1) is 27.4 Å². The topological polar surface area (TPSA) is 91.3 Å². The summed E-state index contributed by atoms with van der Waals surface area (Å²) in [5, 5.41) is 21.9. The fourth-order valence-corrected chi connectivity index (χ4v) is 5.57. The number of ether oxygens (including phenoxy) is 1. The predicted octanol–water partition coefficient (Wildman–Crippen LogP) is 6.01. The van der Waals surface area contributed by atoms with Gasteiger partial charge in [0.2, 0.25) is 0 Å². The van der Waals surface area contributed by atoms with Crippen molar-refractivity contribution >= 4 is 22.8 Å². The third-order valence-corrected chi connectivity index (χ3v) is 7.73. The lowest BCUT2D eigenvalue weighted by molar-refractivity contribution is -0.235. The van der Waals surface area contributed by atoms with Crippen molar-refractivity contribution < 1.29 is 14.9 Å². The lowest BCUT2D eigenvalue weighted by Gasteiger charge is -2.59. The molecule has 6 nitrogen and oxygen atoms in total. The summed E-state index contributed by atoms with van der Waals surface area (Å²) in [4.78, 5) is 12.4. The number of aromatic nitrogens is 3. The zero-order valence-corrected chi connectivity index (χ0v) is 21.1. The number of nitrogens with zero attached hydrogens (tertiary/aromatic N) is 2. The third kappa shape index (κ3) is 4.20. The zero-order valence-electron chi connectivity index (χ0n) is 20.3. The predicted molar refractivity (Wildman–Crippen MR) is 138 cm³/mol. The number of halogens is 1. The van der Waals surface area contributed by atoms with Crippen LogP contribution < -0.4 is 4.74 Å². The van der Waals surface area contributed by atoms with E-state index < -0.39 is 16.6 Å². The highest BCUT2D eigenvalue weighted by atomic mass is 35.5. The summed E-state index contributed by atoms with van der Waals surface area (Å²) in [5.74, 6) is 0. The molecular weight excluding hydrogens is 462 g/mol. The van der Waals surface area contributed by atoms with Crippen molar-refractivity contribution in [2.24, 2.45) is 5.41 Å². The Morgan fingerprint density at radius 1 is 0.886 bits per heavy atom. The maximum absolute atomic E-state index is 10.7. The van der Waals surface area contributed by atoms with E-state index in [0.717, 1.165) is 16.7 Å². The molecule has 5 rings (SSSR count). The van der Waals surface area contributed by atoms with Crippen LogP contribution in [0.1, 0.15) is 40.5 Å². The van der Waals surface area contributed by atoms with Crippen molar-refractivity contribution in [1.29, 1.82) is 0 Å². The van der Waals surface area contributed by atoms with Crippen LogP contribution in [0.25, 0.3) is 33.5 Å². The van der Waals surface area contributed by atoms with Crippen LogP contribution in [0.3, 0.4) is 0 Å². The number of aliphatic hydroxyl groups is 2. The summed E-state index contributed by atoms with van der Waals surface area (Å²) in [5.41, 5.74) is 2.29. The van der Waals surface area contributed by atoms with Crippen molar-refractivity contribution in [2.75, 3.05) is 0 Å². The van der Waals surface area contributed by atoms with Crippen molar-refractivity contribution in [1.82, 2.24) is 15.0 Å². The molecule has 1 aliphatic carbocycles. The highest BCUT2D eigenvalue weighted by molar-refractivity contribution is 6.33. The van der Waals surface area contributed by atoms with Crippen LogP contribution in [0.4, 0.5) is 0 Å². The van der Waals surface area contributed by atoms with Crippen molar-refractivity contribution in [3.8, 4) is 28.4 Å². The molecule has 0 saturated heterocycles. The van der Waals surface area contributed by atoms with Crippen molar-refractivity contribution in [3.63, 3.8) is 0 Å².